The third-order valence-electron chi connectivity index (χ3n) is 9.78. The lowest BCUT2D eigenvalue weighted by Gasteiger charge is -2.19. The van der Waals surface area contributed by atoms with Crippen LogP contribution in [0.15, 0.2) is 0 Å². The summed E-state index contributed by atoms with van der Waals surface area (Å²) in [5.74, 6) is 0. The molecule has 0 spiro atoms. The van der Waals surface area contributed by atoms with Crippen LogP contribution in [-0.4, -0.2) is 41.9 Å². The van der Waals surface area contributed by atoms with E-state index in [1.807, 2.05) is 0 Å². The van der Waals surface area contributed by atoms with Crippen LogP contribution in [-0.2, 0) is 13.9 Å². The number of rotatable bonds is 42. The van der Waals surface area contributed by atoms with Crippen molar-refractivity contribution in [3.05, 3.63) is 0 Å². The van der Waals surface area contributed by atoms with Gasteiger partial charge in [0.1, 0.15) is 0 Å². The van der Waals surface area contributed by atoms with Gasteiger partial charge in [0.2, 0.25) is 0 Å². The lowest BCUT2D eigenvalue weighted by molar-refractivity contribution is -0.148. The number of hydrogen-bond donors (Lipinski definition) is 1. The van der Waals surface area contributed by atoms with E-state index in [2.05, 4.69) is 20.8 Å². The average Bonchev–Trinajstić information content (AvgIpc) is 3.06. The Balaban J connectivity index is 3.85. The van der Waals surface area contributed by atoms with Gasteiger partial charge in [0, 0.05) is 25.9 Å². The Morgan fingerprint density at radius 1 is 0.404 bits per heavy atom. The van der Waals surface area contributed by atoms with Crippen molar-refractivity contribution in [1.82, 2.24) is 0 Å². The molecular formula is C42H89NO3Si. The maximum absolute atomic E-state index is 6.31. The maximum atomic E-state index is 6.31. The fraction of sp³-hybridized carbons (Fsp3) is 1.00. The number of ether oxygens (including phenoxy) is 2. The van der Waals surface area contributed by atoms with Gasteiger partial charge in [-0.15, -0.1) is 0 Å². The van der Waals surface area contributed by atoms with Crippen LogP contribution in [0.5, 0.6) is 0 Å². The quantitative estimate of drug-likeness (QED) is 0.0395. The Morgan fingerprint density at radius 2 is 0.723 bits per heavy atom. The molecule has 0 amide bonds. The Kier molecular flexibility index (Phi) is 42.3. The standard InChI is InChI=1S/C42H89NO3Si/c1-4-6-8-10-12-14-20-24-28-32-37-44-42(45-38-33-29-25-21-15-13-11-9-7-5-2)35-31-27-23-19-17-16-18-22-26-30-34-39-46-47-40-36-41(3)43/h41-42H,4-40,43,47H2,1-3H3. The van der Waals surface area contributed by atoms with Gasteiger partial charge >= 0.3 is 0 Å². The Morgan fingerprint density at radius 3 is 1.09 bits per heavy atom. The first-order chi connectivity index (χ1) is 23.2. The van der Waals surface area contributed by atoms with E-state index in [1.165, 1.54) is 205 Å². The molecule has 0 aromatic carbocycles. The second-order valence-electron chi connectivity index (χ2n) is 14.9. The molecule has 1 atom stereocenters. The van der Waals surface area contributed by atoms with Crippen molar-refractivity contribution >= 4 is 9.76 Å². The van der Waals surface area contributed by atoms with E-state index < -0.39 is 0 Å². The van der Waals surface area contributed by atoms with Crippen LogP contribution in [0, 0.1) is 0 Å². The van der Waals surface area contributed by atoms with Crippen molar-refractivity contribution in [1.29, 1.82) is 0 Å². The first-order valence-electron chi connectivity index (χ1n) is 21.8. The van der Waals surface area contributed by atoms with Crippen LogP contribution >= 0.6 is 0 Å². The summed E-state index contributed by atoms with van der Waals surface area (Å²) in [6.07, 6.45) is 44.6. The Bertz CT molecular complexity index is 524. The van der Waals surface area contributed by atoms with Crippen molar-refractivity contribution in [3.63, 3.8) is 0 Å². The zero-order chi connectivity index (χ0) is 34.1. The fourth-order valence-corrected chi connectivity index (χ4v) is 7.96. The molecule has 0 saturated heterocycles. The molecule has 0 aliphatic heterocycles. The lowest BCUT2D eigenvalue weighted by atomic mass is 10.1. The minimum atomic E-state index is -0.314. The predicted molar refractivity (Wildman–Crippen MR) is 212 cm³/mol. The highest BCUT2D eigenvalue weighted by molar-refractivity contribution is 6.26. The van der Waals surface area contributed by atoms with E-state index >= 15 is 0 Å². The molecule has 284 valence electrons. The third kappa shape index (κ3) is 42.1. The van der Waals surface area contributed by atoms with E-state index in [0.29, 0.717) is 6.04 Å². The van der Waals surface area contributed by atoms with Crippen LogP contribution in [0.25, 0.3) is 0 Å². The topological polar surface area (TPSA) is 53.7 Å². The molecule has 0 saturated carbocycles. The first kappa shape index (κ1) is 47.1. The van der Waals surface area contributed by atoms with Crippen molar-refractivity contribution in [3.8, 4) is 0 Å². The summed E-state index contributed by atoms with van der Waals surface area (Å²) in [6.45, 7) is 9.43. The molecule has 0 fully saturated rings. The van der Waals surface area contributed by atoms with E-state index in [9.17, 15) is 0 Å². The van der Waals surface area contributed by atoms with Gasteiger partial charge in [-0.2, -0.15) is 0 Å². The summed E-state index contributed by atoms with van der Waals surface area (Å²) in [4.78, 5) is 0. The largest absolute Gasteiger partial charge is 0.424 e. The van der Waals surface area contributed by atoms with Crippen LogP contribution < -0.4 is 5.73 Å². The SMILES string of the molecule is CCCCCCCCCCCCOC(CCCCCCCCCCCCCO[SiH2]CCC(C)N)OCCCCCCCCCCCC. The van der Waals surface area contributed by atoms with Gasteiger partial charge in [-0.3, -0.25) is 0 Å². The molecule has 1 unspecified atom stereocenters. The van der Waals surface area contributed by atoms with Gasteiger partial charge in [0.05, 0.1) is 0 Å². The van der Waals surface area contributed by atoms with Crippen LogP contribution in [0.2, 0.25) is 6.04 Å². The van der Waals surface area contributed by atoms with Crippen molar-refractivity contribution in [2.75, 3.05) is 19.8 Å². The minimum Gasteiger partial charge on any atom is -0.424 e. The van der Waals surface area contributed by atoms with Crippen LogP contribution in [0.4, 0.5) is 0 Å². The molecule has 0 rings (SSSR count). The zero-order valence-electron chi connectivity index (χ0n) is 32.8. The van der Waals surface area contributed by atoms with E-state index in [-0.39, 0.29) is 16.1 Å². The predicted octanol–water partition coefficient (Wildman–Crippen LogP) is 13.1. The fourth-order valence-electron chi connectivity index (χ4n) is 6.54. The van der Waals surface area contributed by atoms with Crippen LogP contribution in [0.3, 0.4) is 0 Å². The van der Waals surface area contributed by atoms with Gasteiger partial charge in [-0.1, -0.05) is 187 Å². The Labute approximate surface area is 299 Å². The first-order valence-corrected chi connectivity index (χ1v) is 23.3. The molecule has 47 heavy (non-hydrogen) atoms. The molecule has 0 bridgehead atoms. The summed E-state index contributed by atoms with van der Waals surface area (Å²) in [5, 5.41) is 0. The van der Waals surface area contributed by atoms with E-state index in [4.69, 9.17) is 19.6 Å². The third-order valence-corrected chi connectivity index (χ3v) is 11.1. The maximum Gasteiger partial charge on any atom is 0.161 e. The molecule has 0 aromatic heterocycles. The van der Waals surface area contributed by atoms with Crippen LogP contribution in [0.1, 0.15) is 233 Å². The number of hydrogen-bond acceptors (Lipinski definition) is 4. The number of nitrogens with two attached hydrogens (primary N) is 1. The molecule has 0 aliphatic rings. The van der Waals surface area contributed by atoms with Crippen molar-refractivity contribution < 1.29 is 13.9 Å². The van der Waals surface area contributed by atoms with Gasteiger partial charge in [-0.05, 0) is 51.5 Å². The summed E-state index contributed by atoms with van der Waals surface area (Å²) < 4.78 is 18.5. The molecule has 0 aromatic rings. The smallest absolute Gasteiger partial charge is 0.161 e. The molecular weight excluding hydrogens is 595 g/mol. The molecule has 0 heterocycles. The number of unbranched alkanes of at least 4 members (excludes halogenated alkanes) is 28. The van der Waals surface area contributed by atoms with Gasteiger partial charge in [0.25, 0.3) is 0 Å². The lowest BCUT2D eigenvalue weighted by Crippen LogP contribution is -2.19. The molecule has 4 nitrogen and oxygen atoms in total. The van der Waals surface area contributed by atoms with Crippen molar-refractivity contribution in [2.24, 2.45) is 5.73 Å². The molecule has 0 aliphatic carbocycles. The Hall–Kier alpha value is 0.0569. The van der Waals surface area contributed by atoms with Crippen molar-refractivity contribution in [2.45, 2.75) is 251 Å². The molecule has 2 N–H and O–H groups in total. The normalized spacial score (nSPS) is 12.7. The average molecular weight is 684 g/mol. The molecule has 5 heteroatoms. The summed E-state index contributed by atoms with van der Waals surface area (Å²) >= 11 is 0. The summed E-state index contributed by atoms with van der Waals surface area (Å²) in [6, 6.07) is 1.57. The van der Waals surface area contributed by atoms with E-state index in [1.54, 1.807) is 0 Å². The summed E-state index contributed by atoms with van der Waals surface area (Å²) in [5.41, 5.74) is 5.81. The van der Waals surface area contributed by atoms with Gasteiger partial charge in [-0.25, -0.2) is 0 Å². The molecule has 0 radical (unpaired) electrons. The monoisotopic (exact) mass is 684 g/mol. The summed E-state index contributed by atoms with van der Waals surface area (Å²) in [7, 11) is -0.314. The zero-order valence-corrected chi connectivity index (χ0v) is 34.2. The van der Waals surface area contributed by atoms with Gasteiger partial charge < -0.3 is 19.6 Å². The van der Waals surface area contributed by atoms with E-state index in [0.717, 1.165) is 32.7 Å². The second-order valence-corrected chi connectivity index (χ2v) is 16.5. The highest BCUT2D eigenvalue weighted by Crippen LogP contribution is 2.16. The highest BCUT2D eigenvalue weighted by atomic mass is 28.2. The second kappa shape index (κ2) is 42.2. The van der Waals surface area contributed by atoms with Gasteiger partial charge in [0.15, 0.2) is 16.1 Å². The minimum absolute atomic E-state index is 0.0227. The highest BCUT2D eigenvalue weighted by Gasteiger charge is 2.09.